The van der Waals surface area contributed by atoms with Gasteiger partial charge in [0.05, 0.1) is 0 Å². The van der Waals surface area contributed by atoms with Gasteiger partial charge in [-0.05, 0) is 31.9 Å². The molecule has 0 aliphatic carbocycles. The van der Waals surface area contributed by atoms with Gasteiger partial charge in [-0.2, -0.15) is 0 Å². The van der Waals surface area contributed by atoms with Crippen LogP contribution < -0.4 is 10.6 Å². The molecular formula is C12H17BrN2. The van der Waals surface area contributed by atoms with Crippen molar-refractivity contribution in [3.8, 4) is 0 Å². The summed E-state index contributed by atoms with van der Waals surface area (Å²) in [5.41, 5.74) is 8.34. The maximum absolute atomic E-state index is 5.81. The van der Waals surface area contributed by atoms with E-state index in [4.69, 9.17) is 5.73 Å². The van der Waals surface area contributed by atoms with E-state index in [1.54, 1.807) is 0 Å². The van der Waals surface area contributed by atoms with Crippen molar-refractivity contribution in [2.24, 2.45) is 5.73 Å². The van der Waals surface area contributed by atoms with Gasteiger partial charge in [0.15, 0.2) is 0 Å². The molecule has 1 aliphatic rings. The Bertz CT molecular complexity index is 351. The van der Waals surface area contributed by atoms with Crippen molar-refractivity contribution in [3.63, 3.8) is 0 Å². The van der Waals surface area contributed by atoms with Gasteiger partial charge in [-0.1, -0.05) is 22.0 Å². The second kappa shape index (κ2) is 4.54. The molecule has 15 heavy (non-hydrogen) atoms. The SMILES string of the molecule is CC1CCCN1c1cccc(Br)c1CN. The third kappa shape index (κ3) is 2.04. The topological polar surface area (TPSA) is 29.3 Å². The van der Waals surface area contributed by atoms with E-state index in [1.807, 2.05) is 0 Å². The predicted molar refractivity (Wildman–Crippen MR) is 68.1 cm³/mol. The van der Waals surface area contributed by atoms with Gasteiger partial charge in [-0.3, -0.25) is 0 Å². The fourth-order valence-electron chi connectivity index (χ4n) is 2.31. The van der Waals surface area contributed by atoms with Crippen LogP contribution >= 0.6 is 15.9 Å². The molecule has 1 unspecified atom stereocenters. The number of hydrogen-bond acceptors (Lipinski definition) is 2. The maximum Gasteiger partial charge on any atom is 0.0425 e. The Morgan fingerprint density at radius 1 is 1.53 bits per heavy atom. The minimum absolute atomic E-state index is 0.597. The highest BCUT2D eigenvalue weighted by atomic mass is 79.9. The van der Waals surface area contributed by atoms with Crippen LogP contribution in [0.1, 0.15) is 25.3 Å². The molecule has 1 heterocycles. The summed E-state index contributed by atoms with van der Waals surface area (Å²) in [6.45, 7) is 4.04. The highest BCUT2D eigenvalue weighted by molar-refractivity contribution is 9.10. The fraction of sp³-hybridized carbons (Fsp3) is 0.500. The number of halogens is 1. The average molecular weight is 269 g/mol. The summed E-state index contributed by atoms with van der Waals surface area (Å²) in [6.07, 6.45) is 2.58. The lowest BCUT2D eigenvalue weighted by atomic mass is 10.1. The summed E-state index contributed by atoms with van der Waals surface area (Å²) in [7, 11) is 0. The molecule has 0 radical (unpaired) electrons. The van der Waals surface area contributed by atoms with Gasteiger partial charge >= 0.3 is 0 Å². The summed E-state index contributed by atoms with van der Waals surface area (Å²) >= 11 is 3.57. The van der Waals surface area contributed by atoms with Crippen molar-refractivity contribution in [1.29, 1.82) is 0 Å². The third-order valence-corrected chi connectivity index (χ3v) is 3.90. The molecular weight excluding hydrogens is 252 g/mol. The van der Waals surface area contributed by atoms with E-state index in [0.29, 0.717) is 12.6 Å². The standard InChI is InChI=1S/C12H17BrN2/c1-9-4-3-7-15(9)12-6-2-5-11(13)10(12)8-14/h2,5-6,9H,3-4,7-8,14H2,1H3. The van der Waals surface area contributed by atoms with Gasteiger partial charge in [0.2, 0.25) is 0 Å². The van der Waals surface area contributed by atoms with Crippen LogP contribution in [-0.4, -0.2) is 12.6 Å². The van der Waals surface area contributed by atoms with Crippen molar-refractivity contribution in [3.05, 3.63) is 28.2 Å². The summed E-state index contributed by atoms with van der Waals surface area (Å²) in [6, 6.07) is 6.97. The van der Waals surface area contributed by atoms with Crippen LogP contribution in [0.2, 0.25) is 0 Å². The smallest absolute Gasteiger partial charge is 0.0425 e. The van der Waals surface area contributed by atoms with Crippen molar-refractivity contribution in [2.45, 2.75) is 32.4 Å². The van der Waals surface area contributed by atoms with Crippen molar-refractivity contribution in [1.82, 2.24) is 0 Å². The first kappa shape index (κ1) is 11.0. The lowest BCUT2D eigenvalue weighted by Crippen LogP contribution is -2.27. The number of anilines is 1. The van der Waals surface area contributed by atoms with E-state index in [2.05, 4.69) is 46.0 Å². The largest absolute Gasteiger partial charge is 0.369 e. The van der Waals surface area contributed by atoms with E-state index < -0.39 is 0 Å². The minimum atomic E-state index is 0.597. The third-order valence-electron chi connectivity index (χ3n) is 3.16. The van der Waals surface area contributed by atoms with E-state index >= 15 is 0 Å². The fourth-order valence-corrected chi connectivity index (χ4v) is 2.83. The van der Waals surface area contributed by atoms with Gasteiger partial charge in [-0.15, -0.1) is 0 Å². The number of nitrogens with zero attached hydrogens (tertiary/aromatic N) is 1. The molecule has 0 spiro atoms. The van der Waals surface area contributed by atoms with E-state index in [9.17, 15) is 0 Å². The Balaban J connectivity index is 2.38. The Labute approximate surface area is 99.6 Å². The average Bonchev–Trinajstić information content (AvgIpc) is 2.64. The van der Waals surface area contributed by atoms with Crippen LogP contribution in [0.15, 0.2) is 22.7 Å². The molecule has 1 atom stereocenters. The lowest BCUT2D eigenvalue weighted by molar-refractivity contribution is 0.731. The monoisotopic (exact) mass is 268 g/mol. The van der Waals surface area contributed by atoms with E-state index in [0.717, 1.165) is 11.0 Å². The van der Waals surface area contributed by atoms with E-state index in [-0.39, 0.29) is 0 Å². The van der Waals surface area contributed by atoms with Crippen molar-refractivity contribution < 1.29 is 0 Å². The molecule has 0 aromatic heterocycles. The maximum atomic E-state index is 5.81. The molecule has 1 fully saturated rings. The van der Waals surface area contributed by atoms with Crippen LogP contribution in [-0.2, 0) is 6.54 Å². The molecule has 1 aromatic rings. The highest BCUT2D eigenvalue weighted by Gasteiger charge is 2.22. The Hall–Kier alpha value is -0.540. The van der Waals surface area contributed by atoms with Crippen molar-refractivity contribution in [2.75, 3.05) is 11.4 Å². The summed E-state index contributed by atoms with van der Waals surface area (Å²) in [5.74, 6) is 0. The number of hydrogen-bond donors (Lipinski definition) is 1. The van der Waals surface area contributed by atoms with Crippen LogP contribution in [0.3, 0.4) is 0 Å². The first-order chi connectivity index (χ1) is 7.24. The molecule has 1 aliphatic heterocycles. The van der Waals surface area contributed by atoms with E-state index in [1.165, 1.54) is 24.1 Å². The molecule has 2 N–H and O–H groups in total. The summed E-state index contributed by atoms with van der Waals surface area (Å²) in [5, 5.41) is 0. The van der Waals surface area contributed by atoms with Crippen LogP contribution in [0, 0.1) is 0 Å². The molecule has 0 saturated carbocycles. The molecule has 2 rings (SSSR count). The normalized spacial score (nSPS) is 21.0. The number of benzene rings is 1. The van der Waals surface area contributed by atoms with Crippen LogP contribution in [0.4, 0.5) is 5.69 Å². The van der Waals surface area contributed by atoms with Gasteiger partial charge in [0.25, 0.3) is 0 Å². The molecule has 0 amide bonds. The molecule has 82 valence electrons. The molecule has 2 nitrogen and oxygen atoms in total. The van der Waals surface area contributed by atoms with Gasteiger partial charge in [0.1, 0.15) is 0 Å². The number of nitrogens with two attached hydrogens (primary N) is 1. The molecule has 0 bridgehead atoms. The molecule has 3 heteroatoms. The van der Waals surface area contributed by atoms with Gasteiger partial charge in [0, 0.05) is 34.9 Å². The summed E-state index contributed by atoms with van der Waals surface area (Å²) in [4.78, 5) is 2.47. The molecule has 1 aromatic carbocycles. The van der Waals surface area contributed by atoms with Crippen LogP contribution in [0.5, 0.6) is 0 Å². The zero-order valence-corrected chi connectivity index (χ0v) is 10.6. The molecule has 1 saturated heterocycles. The second-order valence-electron chi connectivity index (χ2n) is 4.13. The van der Waals surface area contributed by atoms with Gasteiger partial charge < -0.3 is 10.6 Å². The minimum Gasteiger partial charge on any atom is -0.369 e. The zero-order chi connectivity index (χ0) is 10.8. The first-order valence-electron chi connectivity index (χ1n) is 5.48. The number of rotatable bonds is 2. The second-order valence-corrected chi connectivity index (χ2v) is 4.98. The predicted octanol–water partition coefficient (Wildman–Crippen LogP) is 2.90. The quantitative estimate of drug-likeness (QED) is 0.894. The highest BCUT2D eigenvalue weighted by Crippen LogP contribution is 2.32. The first-order valence-corrected chi connectivity index (χ1v) is 6.27. The Kier molecular flexibility index (Phi) is 3.32. The van der Waals surface area contributed by atoms with Crippen LogP contribution in [0.25, 0.3) is 0 Å². The van der Waals surface area contributed by atoms with Gasteiger partial charge in [-0.25, -0.2) is 0 Å². The van der Waals surface area contributed by atoms with Crippen molar-refractivity contribution >= 4 is 21.6 Å². The Morgan fingerprint density at radius 3 is 2.93 bits per heavy atom. The summed E-state index contributed by atoms with van der Waals surface area (Å²) < 4.78 is 1.13. The zero-order valence-electron chi connectivity index (χ0n) is 9.04. The Morgan fingerprint density at radius 2 is 2.33 bits per heavy atom. The lowest BCUT2D eigenvalue weighted by Gasteiger charge is -2.26.